The summed E-state index contributed by atoms with van der Waals surface area (Å²) in [6.45, 7) is 4.77. The van der Waals surface area contributed by atoms with E-state index in [4.69, 9.17) is 16.7 Å². The Labute approximate surface area is 69.7 Å². The number of halogens is 1. The van der Waals surface area contributed by atoms with Gasteiger partial charge in [-0.2, -0.15) is 0 Å². The standard InChI is InChI=1S/C7H8ClNO2/c1-3-6(8)9-4-5(2)7(10)11/h3-4H,1H2,2H3,(H,10,11)/b5-4+,9-6+. The van der Waals surface area contributed by atoms with Gasteiger partial charge in [-0.25, -0.2) is 9.79 Å². The van der Waals surface area contributed by atoms with Crippen molar-refractivity contribution in [1.82, 2.24) is 0 Å². The first kappa shape index (κ1) is 9.91. The van der Waals surface area contributed by atoms with Gasteiger partial charge in [0.15, 0.2) is 0 Å². The molecule has 0 saturated heterocycles. The van der Waals surface area contributed by atoms with Crippen LogP contribution in [-0.4, -0.2) is 16.2 Å². The van der Waals surface area contributed by atoms with E-state index in [1.54, 1.807) is 0 Å². The number of hydrogen-bond donors (Lipinski definition) is 1. The van der Waals surface area contributed by atoms with E-state index >= 15 is 0 Å². The van der Waals surface area contributed by atoms with Crippen molar-refractivity contribution < 1.29 is 9.90 Å². The Morgan fingerprint density at radius 2 is 2.27 bits per heavy atom. The predicted molar refractivity (Wildman–Crippen MR) is 44.9 cm³/mol. The van der Waals surface area contributed by atoms with E-state index in [1.165, 1.54) is 19.2 Å². The van der Waals surface area contributed by atoms with Gasteiger partial charge in [0.25, 0.3) is 0 Å². The molecule has 0 saturated carbocycles. The second kappa shape index (κ2) is 4.68. The van der Waals surface area contributed by atoms with Crippen LogP contribution in [0.25, 0.3) is 0 Å². The minimum atomic E-state index is -1.01. The van der Waals surface area contributed by atoms with Crippen LogP contribution in [-0.2, 0) is 4.79 Å². The molecule has 0 aliphatic carbocycles. The normalized spacial score (nSPS) is 12.9. The molecule has 0 bridgehead atoms. The number of hydrogen-bond acceptors (Lipinski definition) is 2. The average Bonchev–Trinajstić information content (AvgIpc) is 1.99. The highest BCUT2D eigenvalue weighted by molar-refractivity contribution is 6.68. The number of carboxylic acids is 1. The van der Waals surface area contributed by atoms with E-state index in [-0.39, 0.29) is 10.7 Å². The lowest BCUT2D eigenvalue weighted by atomic mass is 10.3. The van der Waals surface area contributed by atoms with Crippen LogP contribution in [0.4, 0.5) is 0 Å². The molecule has 0 aliphatic rings. The van der Waals surface area contributed by atoms with Gasteiger partial charge >= 0.3 is 5.97 Å². The van der Waals surface area contributed by atoms with Crippen molar-refractivity contribution in [2.24, 2.45) is 4.99 Å². The van der Waals surface area contributed by atoms with Crippen LogP contribution >= 0.6 is 11.6 Å². The highest BCUT2D eigenvalue weighted by Crippen LogP contribution is 1.95. The monoisotopic (exact) mass is 173 g/mol. The maximum Gasteiger partial charge on any atom is 0.332 e. The molecule has 0 radical (unpaired) electrons. The third-order valence-corrected chi connectivity index (χ3v) is 1.14. The molecule has 0 rings (SSSR count). The molecule has 4 heteroatoms. The molecule has 0 atom stereocenters. The molecule has 0 unspecified atom stereocenters. The third-order valence-electron chi connectivity index (χ3n) is 0.887. The lowest BCUT2D eigenvalue weighted by Gasteiger charge is -1.87. The van der Waals surface area contributed by atoms with Gasteiger partial charge in [0, 0.05) is 6.20 Å². The molecule has 3 nitrogen and oxygen atoms in total. The molecule has 0 fully saturated rings. The molecule has 11 heavy (non-hydrogen) atoms. The summed E-state index contributed by atoms with van der Waals surface area (Å²) in [7, 11) is 0. The Hall–Kier alpha value is -1.09. The SMILES string of the molecule is C=C/C(Cl)=N\C=C(/C)C(=O)O. The summed E-state index contributed by atoms with van der Waals surface area (Å²) in [5, 5.41) is 8.53. The highest BCUT2D eigenvalue weighted by Gasteiger charge is 1.96. The topological polar surface area (TPSA) is 49.7 Å². The lowest BCUT2D eigenvalue weighted by Crippen LogP contribution is -1.95. The third kappa shape index (κ3) is 4.33. The zero-order chi connectivity index (χ0) is 8.85. The number of carbonyl (C=O) groups is 1. The lowest BCUT2D eigenvalue weighted by molar-refractivity contribution is -0.132. The first-order valence-electron chi connectivity index (χ1n) is 2.83. The van der Waals surface area contributed by atoms with E-state index in [0.717, 1.165) is 0 Å². The second-order valence-electron chi connectivity index (χ2n) is 1.77. The minimum Gasteiger partial charge on any atom is -0.478 e. The number of rotatable bonds is 3. The zero-order valence-corrected chi connectivity index (χ0v) is 6.80. The number of aliphatic carboxylic acids is 1. The van der Waals surface area contributed by atoms with E-state index in [0.29, 0.717) is 0 Å². The molecular weight excluding hydrogens is 166 g/mol. The number of nitrogens with zero attached hydrogens (tertiary/aromatic N) is 1. The maximum absolute atomic E-state index is 10.2. The van der Waals surface area contributed by atoms with Gasteiger partial charge in [-0.3, -0.25) is 0 Å². The number of allylic oxidation sites excluding steroid dienone is 1. The van der Waals surface area contributed by atoms with Crippen molar-refractivity contribution in [3.05, 3.63) is 24.4 Å². The fraction of sp³-hybridized carbons (Fsp3) is 0.143. The van der Waals surface area contributed by atoms with Gasteiger partial charge in [0.2, 0.25) is 0 Å². The minimum absolute atomic E-state index is 0.130. The highest BCUT2D eigenvalue weighted by atomic mass is 35.5. The molecule has 0 spiro atoms. The van der Waals surface area contributed by atoms with Gasteiger partial charge in [0.1, 0.15) is 5.17 Å². The Morgan fingerprint density at radius 1 is 1.73 bits per heavy atom. The number of aliphatic imine (C=N–C) groups is 1. The van der Waals surface area contributed by atoms with Crippen molar-refractivity contribution in [3.63, 3.8) is 0 Å². The summed E-state index contributed by atoms with van der Waals surface area (Å²) in [5.74, 6) is -1.01. The quantitative estimate of drug-likeness (QED) is 0.523. The van der Waals surface area contributed by atoms with Crippen molar-refractivity contribution >= 4 is 22.7 Å². The predicted octanol–water partition coefficient (Wildman–Crippen LogP) is 1.80. The number of carboxylic acid groups (broad SMARTS) is 1. The summed E-state index contributed by atoms with van der Waals surface area (Å²) in [4.78, 5) is 13.8. The van der Waals surface area contributed by atoms with Crippen LogP contribution in [0.3, 0.4) is 0 Å². The van der Waals surface area contributed by atoms with Crippen LogP contribution in [0.2, 0.25) is 0 Å². The summed E-state index contributed by atoms with van der Waals surface area (Å²) >= 11 is 5.41. The van der Waals surface area contributed by atoms with Gasteiger partial charge in [-0.1, -0.05) is 18.2 Å². The fourth-order valence-corrected chi connectivity index (χ4v) is 0.315. The smallest absolute Gasteiger partial charge is 0.332 e. The average molecular weight is 174 g/mol. The van der Waals surface area contributed by atoms with Crippen LogP contribution in [0, 0.1) is 0 Å². The maximum atomic E-state index is 10.2. The van der Waals surface area contributed by atoms with Crippen LogP contribution in [0.5, 0.6) is 0 Å². The molecular formula is C7H8ClNO2. The molecule has 0 aromatic carbocycles. The zero-order valence-electron chi connectivity index (χ0n) is 6.04. The van der Waals surface area contributed by atoms with Crippen LogP contribution < -0.4 is 0 Å². The van der Waals surface area contributed by atoms with E-state index in [9.17, 15) is 4.79 Å². The van der Waals surface area contributed by atoms with Crippen molar-refractivity contribution in [3.8, 4) is 0 Å². The summed E-state index contributed by atoms with van der Waals surface area (Å²) in [6, 6.07) is 0. The Kier molecular flexibility index (Phi) is 4.22. The second-order valence-corrected chi connectivity index (χ2v) is 2.16. The van der Waals surface area contributed by atoms with Crippen molar-refractivity contribution in [2.75, 3.05) is 0 Å². The van der Waals surface area contributed by atoms with Gasteiger partial charge in [-0.05, 0) is 13.0 Å². The fourth-order valence-electron chi connectivity index (χ4n) is 0.266. The molecule has 0 aromatic rings. The first-order chi connectivity index (χ1) is 5.07. The Balaban J connectivity index is 4.34. The van der Waals surface area contributed by atoms with Crippen molar-refractivity contribution in [1.29, 1.82) is 0 Å². The summed E-state index contributed by atoms with van der Waals surface area (Å²) in [5.41, 5.74) is 0.130. The Morgan fingerprint density at radius 3 is 2.64 bits per heavy atom. The van der Waals surface area contributed by atoms with E-state index in [1.807, 2.05) is 0 Å². The summed E-state index contributed by atoms with van der Waals surface area (Å²) < 4.78 is 0. The first-order valence-corrected chi connectivity index (χ1v) is 3.21. The van der Waals surface area contributed by atoms with E-state index < -0.39 is 5.97 Å². The molecule has 0 amide bonds. The summed E-state index contributed by atoms with van der Waals surface area (Å²) in [6.07, 6.45) is 2.50. The molecule has 0 aliphatic heterocycles. The van der Waals surface area contributed by atoms with E-state index in [2.05, 4.69) is 11.6 Å². The molecule has 60 valence electrons. The van der Waals surface area contributed by atoms with Gasteiger partial charge in [0.05, 0.1) is 5.57 Å². The van der Waals surface area contributed by atoms with Gasteiger partial charge in [-0.15, -0.1) is 0 Å². The molecule has 0 heterocycles. The van der Waals surface area contributed by atoms with Crippen LogP contribution in [0.1, 0.15) is 6.92 Å². The van der Waals surface area contributed by atoms with Crippen molar-refractivity contribution in [2.45, 2.75) is 6.92 Å². The van der Waals surface area contributed by atoms with Gasteiger partial charge < -0.3 is 5.11 Å². The Bertz CT molecular complexity index is 231. The largest absolute Gasteiger partial charge is 0.478 e. The van der Waals surface area contributed by atoms with Crippen LogP contribution in [0.15, 0.2) is 29.4 Å². The molecule has 1 N–H and O–H groups in total. The molecule has 0 aromatic heterocycles.